The van der Waals surface area contributed by atoms with Crippen LogP contribution in [0.25, 0.3) is 0 Å². The number of benzene rings is 1. The first-order valence-corrected chi connectivity index (χ1v) is 7.49. The second-order valence-electron chi connectivity index (χ2n) is 5.55. The average Bonchev–Trinajstić information content (AvgIpc) is 2.48. The molecule has 0 bridgehead atoms. The van der Waals surface area contributed by atoms with Gasteiger partial charge in [-0.15, -0.1) is 24.8 Å². The largest absolute Gasteiger partial charge is 0.504 e. The number of phenolic OH excluding ortho intramolecular Hbond substituents is 1. The highest BCUT2D eigenvalue weighted by atomic mass is 35.5. The summed E-state index contributed by atoms with van der Waals surface area (Å²) in [5.74, 6) is 1.33. The molecular formula is C16H28Cl2N2O2. The number of methoxy groups -OCH3 is 1. The summed E-state index contributed by atoms with van der Waals surface area (Å²) in [4.78, 5) is 2.52. The fourth-order valence-electron chi connectivity index (χ4n) is 2.97. The van der Waals surface area contributed by atoms with E-state index in [1.165, 1.54) is 5.56 Å². The highest BCUT2D eigenvalue weighted by Gasteiger charge is 2.27. The smallest absolute Gasteiger partial charge is 0.160 e. The number of nitrogens with one attached hydrogen (secondary N) is 1. The molecule has 22 heavy (non-hydrogen) atoms. The maximum Gasteiger partial charge on any atom is 0.160 e. The first-order chi connectivity index (χ1) is 9.67. The van der Waals surface area contributed by atoms with Crippen LogP contribution in [-0.2, 0) is 0 Å². The van der Waals surface area contributed by atoms with E-state index in [9.17, 15) is 5.11 Å². The third-order valence-corrected chi connectivity index (χ3v) is 4.27. The third-order valence-electron chi connectivity index (χ3n) is 4.27. The fraction of sp³-hybridized carbons (Fsp3) is 0.625. The first-order valence-electron chi connectivity index (χ1n) is 7.49. The summed E-state index contributed by atoms with van der Waals surface area (Å²) < 4.78 is 5.14. The Kier molecular flexibility index (Phi) is 9.85. The lowest BCUT2D eigenvalue weighted by Gasteiger charge is -2.38. The van der Waals surface area contributed by atoms with Crippen molar-refractivity contribution in [1.29, 1.82) is 0 Å². The molecule has 1 aliphatic rings. The summed E-state index contributed by atoms with van der Waals surface area (Å²) >= 11 is 0. The topological polar surface area (TPSA) is 44.7 Å². The Morgan fingerprint density at radius 2 is 1.91 bits per heavy atom. The Hall–Kier alpha value is -0.680. The molecule has 2 rings (SSSR count). The van der Waals surface area contributed by atoms with Gasteiger partial charge in [0, 0.05) is 32.2 Å². The van der Waals surface area contributed by atoms with Gasteiger partial charge < -0.3 is 15.2 Å². The number of hydrogen-bond donors (Lipinski definition) is 2. The number of halogens is 2. The Labute approximate surface area is 146 Å². The molecule has 1 heterocycles. The van der Waals surface area contributed by atoms with Crippen LogP contribution in [0.2, 0.25) is 0 Å². The van der Waals surface area contributed by atoms with Crippen molar-refractivity contribution in [2.45, 2.75) is 26.3 Å². The molecule has 0 radical (unpaired) electrons. The average molecular weight is 351 g/mol. The van der Waals surface area contributed by atoms with Crippen molar-refractivity contribution in [2.24, 2.45) is 5.92 Å². The van der Waals surface area contributed by atoms with Crippen LogP contribution in [0.3, 0.4) is 0 Å². The van der Waals surface area contributed by atoms with Crippen molar-refractivity contribution in [3.8, 4) is 11.5 Å². The normalized spacial score (nSPS) is 17.8. The van der Waals surface area contributed by atoms with E-state index in [-0.39, 0.29) is 30.6 Å². The predicted molar refractivity (Wildman–Crippen MR) is 95.8 cm³/mol. The molecule has 1 aromatic carbocycles. The molecule has 0 saturated carbocycles. The summed E-state index contributed by atoms with van der Waals surface area (Å²) in [7, 11) is 1.58. The molecule has 1 aromatic rings. The second kappa shape index (κ2) is 10.2. The van der Waals surface area contributed by atoms with Crippen molar-refractivity contribution in [1.82, 2.24) is 10.2 Å². The maximum absolute atomic E-state index is 10.0. The van der Waals surface area contributed by atoms with Gasteiger partial charge in [0.05, 0.1) is 7.11 Å². The van der Waals surface area contributed by atoms with E-state index in [4.69, 9.17) is 4.74 Å². The van der Waals surface area contributed by atoms with E-state index in [2.05, 4.69) is 30.1 Å². The summed E-state index contributed by atoms with van der Waals surface area (Å²) in [5, 5.41) is 13.4. The van der Waals surface area contributed by atoms with Gasteiger partial charge in [0.2, 0.25) is 0 Å². The predicted octanol–water partition coefficient (Wildman–Crippen LogP) is 3.24. The number of rotatable bonds is 5. The quantitative estimate of drug-likeness (QED) is 0.855. The zero-order valence-corrected chi connectivity index (χ0v) is 15.2. The number of phenols is 1. The molecule has 0 aromatic heterocycles. The van der Waals surface area contributed by atoms with Crippen molar-refractivity contribution in [3.05, 3.63) is 23.8 Å². The SMILES string of the molecule is CCC(C)[C@@H](c1ccc(OC)c(O)c1)N1CCNCC1.Cl.Cl. The van der Waals surface area contributed by atoms with Gasteiger partial charge in [-0.2, -0.15) is 0 Å². The third kappa shape index (κ3) is 4.92. The van der Waals surface area contributed by atoms with Crippen molar-refractivity contribution in [3.63, 3.8) is 0 Å². The van der Waals surface area contributed by atoms with Crippen LogP contribution in [0, 0.1) is 5.92 Å². The van der Waals surface area contributed by atoms with Gasteiger partial charge in [-0.1, -0.05) is 26.3 Å². The van der Waals surface area contributed by atoms with Gasteiger partial charge in [0.1, 0.15) is 0 Å². The monoisotopic (exact) mass is 350 g/mol. The molecule has 1 aliphatic heterocycles. The highest BCUT2D eigenvalue weighted by molar-refractivity contribution is 5.85. The van der Waals surface area contributed by atoms with E-state index in [0.717, 1.165) is 32.6 Å². The standard InChI is InChI=1S/C16H26N2O2.2ClH/c1-4-12(2)16(18-9-7-17-8-10-18)13-5-6-15(20-3)14(19)11-13;;/h5-6,11-12,16-17,19H,4,7-10H2,1-3H3;2*1H/t12?,16-;;/m0../s1. The van der Waals surface area contributed by atoms with Gasteiger partial charge in [-0.3, -0.25) is 4.90 Å². The van der Waals surface area contributed by atoms with Crippen LogP contribution in [0.15, 0.2) is 18.2 Å². The molecule has 0 aliphatic carbocycles. The minimum absolute atomic E-state index is 0. The van der Waals surface area contributed by atoms with Gasteiger partial charge in [-0.05, 0) is 23.6 Å². The number of ether oxygens (including phenoxy) is 1. The molecule has 4 nitrogen and oxygen atoms in total. The highest BCUT2D eigenvalue weighted by Crippen LogP contribution is 2.35. The molecular weight excluding hydrogens is 323 g/mol. The number of nitrogens with zero attached hydrogens (tertiary/aromatic N) is 1. The Morgan fingerprint density at radius 1 is 1.27 bits per heavy atom. The van der Waals surface area contributed by atoms with Crippen LogP contribution >= 0.6 is 24.8 Å². The Morgan fingerprint density at radius 3 is 2.41 bits per heavy atom. The summed E-state index contributed by atoms with van der Waals surface area (Å²) in [6.07, 6.45) is 1.13. The summed E-state index contributed by atoms with van der Waals surface area (Å²) in [5.41, 5.74) is 1.18. The van der Waals surface area contributed by atoms with Crippen molar-refractivity contribution in [2.75, 3.05) is 33.3 Å². The van der Waals surface area contributed by atoms with E-state index in [1.807, 2.05) is 12.1 Å². The number of hydrogen-bond acceptors (Lipinski definition) is 4. The second-order valence-corrected chi connectivity index (χ2v) is 5.55. The molecule has 1 fully saturated rings. The van der Waals surface area contributed by atoms with E-state index < -0.39 is 0 Å². The zero-order valence-electron chi connectivity index (χ0n) is 13.5. The number of aromatic hydroxyl groups is 1. The molecule has 1 saturated heterocycles. The van der Waals surface area contributed by atoms with E-state index in [0.29, 0.717) is 17.7 Å². The maximum atomic E-state index is 10.0. The number of piperazine rings is 1. The van der Waals surface area contributed by atoms with Crippen LogP contribution < -0.4 is 10.1 Å². The van der Waals surface area contributed by atoms with Crippen LogP contribution in [0.4, 0.5) is 0 Å². The van der Waals surface area contributed by atoms with Crippen molar-refractivity contribution < 1.29 is 9.84 Å². The zero-order chi connectivity index (χ0) is 14.5. The van der Waals surface area contributed by atoms with Gasteiger partial charge in [-0.25, -0.2) is 0 Å². The van der Waals surface area contributed by atoms with Crippen molar-refractivity contribution >= 4 is 24.8 Å². The Bertz CT molecular complexity index is 440. The van der Waals surface area contributed by atoms with Crippen LogP contribution in [-0.4, -0.2) is 43.3 Å². The molecule has 2 atom stereocenters. The molecule has 1 unspecified atom stereocenters. The van der Waals surface area contributed by atoms with Gasteiger partial charge in [0.15, 0.2) is 11.5 Å². The molecule has 128 valence electrons. The Balaban J connectivity index is 0.00000220. The molecule has 2 N–H and O–H groups in total. The molecule has 0 spiro atoms. The van der Waals surface area contributed by atoms with Gasteiger partial charge in [0.25, 0.3) is 0 Å². The lowest BCUT2D eigenvalue weighted by Crippen LogP contribution is -2.46. The molecule has 6 heteroatoms. The van der Waals surface area contributed by atoms with Crippen LogP contribution in [0.5, 0.6) is 11.5 Å². The van der Waals surface area contributed by atoms with E-state index >= 15 is 0 Å². The lowest BCUT2D eigenvalue weighted by molar-refractivity contribution is 0.128. The minimum atomic E-state index is 0. The van der Waals surface area contributed by atoms with Gasteiger partial charge >= 0.3 is 0 Å². The summed E-state index contributed by atoms with van der Waals surface area (Å²) in [6, 6.07) is 6.16. The summed E-state index contributed by atoms with van der Waals surface area (Å²) in [6.45, 7) is 8.70. The van der Waals surface area contributed by atoms with E-state index in [1.54, 1.807) is 7.11 Å². The minimum Gasteiger partial charge on any atom is -0.504 e. The fourth-order valence-corrected chi connectivity index (χ4v) is 2.97. The lowest BCUT2D eigenvalue weighted by atomic mass is 9.90. The van der Waals surface area contributed by atoms with Crippen LogP contribution in [0.1, 0.15) is 31.9 Å². The molecule has 0 amide bonds. The first kappa shape index (κ1) is 21.3.